The highest BCUT2D eigenvalue weighted by Crippen LogP contribution is 2.25. The van der Waals surface area contributed by atoms with Crippen LogP contribution in [-0.4, -0.2) is 36.2 Å². The van der Waals surface area contributed by atoms with E-state index < -0.39 is 0 Å². The van der Waals surface area contributed by atoms with Gasteiger partial charge in [0.05, 0.1) is 5.57 Å². The monoisotopic (exact) mass is 230 g/mol. The molecule has 3 heteroatoms. The zero-order chi connectivity index (χ0) is 12.6. The van der Waals surface area contributed by atoms with E-state index in [0.717, 1.165) is 23.5 Å². The summed E-state index contributed by atoms with van der Waals surface area (Å²) in [6.07, 6.45) is 7.76. The maximum atomic E-state index is 12.3. The minimum Gasteiger partial charge on any atom is -0.356 e. The van der Waals surface area contributed by atoms with Crippen molar-refractivity contribution in [2.45, 2.75) is 13.8 Å². The third kappa shape index (κ3) is 2.05. The molecule has 0 amide bonds. The molecule has 0 unspecified atom stereocenters. The zero-order valence-corrected chi connectivity index (χ0v) is 10.8. The lowest BCUT2D eigenvalue weighted by Crippen LogP contribution is -2.34. The molecule has 0 bridgehead atoms. The van der Waals surface area contributed by atoms with Crippen molar-refractivity contribution >= 4 is 5.78 Å². The molecule has 2 rings (SSSR count). The van der Waals surface area contributed by atoms with Crippen LogP contribution in [-0.2, 0) is 4.79 Å². The molecule has 90 valence electrons. The lowest BCUT2D eigenvalue weighted by Gasteiger charge is -2.34. The van der Waals surface area contributed by atoms with Crippen molar-refractivity contribution in [1.29, 1.82) is 0 Å². The minimum absolute atomic E-state index is 0.113. The van der Waals surface area contributed by atoms with Gasteiger partial charge in [-0.15, -0.1) is 0 Å². The molecule has 0 saturated carbocycles. The number of carbonyl (C=O) groups excluding carboxylic acids is 1. The van der Waals surface area contributed by atoms with E-state index in [1.54, 1.807) is 0 Å². The summed E-state index contributed by atoms with van der Waals surface area (Å²) in [6.45, 7) is 4.79. The van der Waals surface area contributed by atoms with Crippen LogP contribution in [0.15, 0.2) is 47.0 Å². The first-order valence-electron chi connectivity index (χ1n) is 5.76. The first-order chi connectivity index (χ1) is 8.00. The fraction of sp³-hybridized carbons (Fsp3) is 0.357. The molecular formula is C14H18N2O. The normalized spacial score (nSPS) is 25.8. The topological polar surface area (TPSA) is 23.6 Å². The highest BCUT2D eigenvalue weighted by Gasteiger charge is 2.24. The van der Waals surface area contributed by atoms with E-state index in [9.17, 15) is 4.79 Å². The predicted molar refractivity (Wildman–Crippen MR) is 69.1 cm³/mol. The van der Waals surface area contributed by atoms with E-state index in [1.807, 2.05) is 50.3 Å². The van der Waals surface area contributed by atoms with E-state index >= 15 is 0 Å². The summed E-state index contributed by atoms with van der Waals surface area (Å²) < 4.78 is 0. The molecule has 0 saturated heterocycles. The van der Waals surface area contributed by atoms with Crippen LogP contribution in [0.3, 0.4) is 0 Å². The van der Waals surface area contributed by atoms with Crippen LogP contribution in [0.4, 0.5) is 0 Å². The Kier molecular flexibility index (Phi) is 2.92. The Labute approximate surface area is 102 Å². The fourth-order valence-electron chi connectivity index (χ4n) is 2.31. The summed E-state index contributed by atoms with van der Waals surface area (Å²) >= 11 is 0. The Bertz CT molecular complexity index is 480. The maximum absolute atomic E-state index is 12.3. The third-order valence-corrected chi connectivity index (χ3v) is 3.07. The molecular weight excluding hydrogens is 212 g/mol. The van der Waals surface area contributed by atoms with Crippen molar-refractivity contribution in [1.82, 2.24) is 9.80 Å². The van der Waals surface area contributed by atoms with Gasteiger partial charge in [0.1, 0.15) is 5.82 Å². The average molecular weight is 230 g/mol. The van der Waals surface area contributed by atoms with Crippen LogP contribution in [0.5, 0.6) is 0 Å². The Balaban J connectivity index is 2.61. The van der Waals surface area contributed by atoms with E-state index in [1.165, 1.54) is 5.57 Å². The molecule has 0 fully saturated rings. The van der Waals surface area contributed by atoms with E-state index in [0.29, 0.717) is 0 Å². The molecule has 0 aromatic carbocycles. The Hall–Kier alpha value is -1.77. The van der Waals surface area contributed by atoms with Crippen molar-refractivity contribution in [2.75, 3.05) is 20.6 Å². The molecule has 0 spiro atoms. The quantitative estimate of drug-likeness (QED) is 0.636. The van der Waals surface area contributed by atoms with Gasteiger partial charge in [-0.25, -0.2) is 0 Å². The molecule has 2 aliphatic rings. The number of carbonyl (C=O) groups is 1. The highest BCUT2D eigenvalue weighted by molar-refractivity contribution is 6.10. The average Bonchev–Trinajstić information content (AvgIpc) is 2.25. The van der Waals surface area contributed by atoms with Gasteiger partial charge in [-0.2, -0.15) is 0 Å². The van der Waals surface area contributed by atoms with Crippen molar-refractivity contribution in [3.63, 3.8) is 0 Å². The Morgan fingerprint density at radius 1 is 1.24 bits per heavy atom. The van der Waals surface area contributed by atoms with Gasteiger partial charge in [0.2, 0.25) is 0 Å². The zero-order valence-electron chi connectivity index (χ0n) is 10.8. The molecule has 0 atom stereocenters. The smallest absolute Gasteiger partial charge is 0.192 e. The van der Waals surface area contributed by atoms with Crippen molar-refractivity contribution in [3.05, 3.63) is 47.0 Å². The highest BCUT2D eigenvalue weighted by atomic mass is 16.1. The molecule has 17 heavy (non-hydrogen) atoms. The summed E-state index contributed by atoms with van der Waals surface area (Å²) in [5, 5.41) is 0. The van der Waals surface area contributed by atoms with Crippen molar-refractivity contribution < 1.29 is 4.79 Å². The number of hydrogen-bond acceptors (Lipinski definition) is 3. The Morgan fingerprint density at radius 2 is 1.94 bits per heavy atom. The van der Waals surface area contributed by atoms with Gasteiger partial charge in [-0.05, 0) is 31.6 Å². The molecule has 2 heterocycles. The van der Waals surface area contributed by atoms with Gasteiger partial charge in [0, 0.05) is 26.8 Å². The number of Topliss-reactive ketones (excluding diaryl/α,β-unsaturated/α-hetero) is 1. The van der Waals surface area contributed by atoms with Gasteiger partial charge in [-0.1, -0.05) is 11.6 Å². The number of rotatable bonds is 0. The molecule has 0 radical (unpaired) electrons. The van der Waals surface area contributed by atoms with Crippen molar-refractivity contribution in [2.24, 2.45) is 0 Å². The minimum atomic E-state index is 0.113. The molecule has 3 nitrogen and oxygen atoms in total. The second-order valence-corrected chi connectivity index (χ2v) is 4.72. The summed E-state index contributed by atoms with van der Waals surface area (Å²) in [6, 6.07) is 0. The van der Waals surface area contributed by atoms with Gasteiger partial charge < -0.3 is 9.80 Å². The number of hydrogen-bond donors (Lipinski definition) is 0. The van der Waals surface area contributed by atoms with Crippen LogP contribution >= 0.6 is 0 Å². The summed E-state index contributed by atoms with van der Waals surface area (Å²) in [4.78, 5) is 16.4. The summed E-state index contributed by atoms with van der Waals surface area (Å²) in [5.41, 5.74) is 2.78. The van der Waals surface area contributed by atoms with Gasteiger partial charge in [0.15, 0.2) is 5.78 Å². The van der Waals surface area contributed by atoms with Crippen LogP contribution < -0.4 is 0 Å². The second kappa shape index (κ2) is 4.24. The fourth-order valence-corrected chi connectivity index (χ4v) is 2.31. The number of ketones is 1. The number of likely N-dealkylation sites (N-methyl/N-ethyl adjacent to an activating group) is 1. The van der Waals surface area contributed by atoms with Crippen molar-refractivity contribution in [3.8, 4) is 0 Å². The van der Waals surface area contributed by atoms with Crippen LogP contribution in [0.1, 0.15) is 13.8 Å². The second-order valence-electron chi connectivity index (χ2n) is 4.72. The van der Waals surface area contributed by atoms with Crippen LogP contribution in [0.25, 0.3) is 0 Å². The van der Waals surface area contributed by atoms with E-state index in [2.05, 4.69) is 11.8 Å². The standard InChI is InChI=1S/C14H18N2O/c1-10-8-12-13(17)11(2)6-5-7-15(3)14(12)16(4)9-10/h5-8H,9H2,1-4H3/b7-5-,11-6+. The third-order valence-electron chi connectivity index (χ3n) is 3.07. The van der Waals surface area contributed by atoms with Gasteiger partial charge in [-0.3, -0.25) is 4.79 Å². The van der Waals surface area contributed by atoms with Gasteiger partial charge >= 0.3 is 0 Å². The predicted octanol–water partition coefficient (Wildman–Crippen LogP) is 2.06. The SMILES string of the molecule is CC1=CC2=C(N(C)/C=C\C=C(/C)C2=O)N(C)C1. The lowest BCUT2D eigenvalue weighted by atomic mass is 9.98. The first kappa shape index (κ1) is 11.7. The van der Waals surface area contributed by atoms with Crippen LogP contribution in [0.2, 0.25) is 0 Å². The summed E-state index contributed by atoms with van der Waals surface area (Å²) in [7, 11) is 3.99. The Morgan fingerprint density at radius 3 is 2.65 bits per heavy atom. The number of nitrogens with zero attached hydrogens (tertiary/aromatic N) is 2. The molecule has 0 aromatic heterocycles. The molecule has 0 aliphatic carbocycles. The molecule has 0 aromatic rings. The first-order valence-corrected chi connectivity index (χ1v) is 5.76. The van der Waals surface area contributed by atoms with Crippen LogP contribution in [0, 0.1) is 0 Å². The maximum Gasteiger partial charge on any atom is 0.192 e. The lowest BCUT2D eigenvalue weighted by molar-refractivity contribution is -0.112. The van der Waals surface area contributed by atoms with E-state index in [-0.39, 0.29) is 5.78 Å². The van der Waals surface area contributed by atoms with Gasteiger partial charge in [0.25, 0.3) is 0 Å². The largest absolute Gasteiger partial charge is 0.356 e. The molecule has 2 aliphatic heterocycles. The number of allylic oxidation sites excluding steroid dienone is 5. The molecule has 0 N–H and O–H groups in total. The van der Waals surface area contributed by atoms with E-state index in [4.69, 9.17) is 0 Å². The summed E-state index contributed by atoms with van der Waals surface area (Å²) in [5.74, 6) is 1.09.